The first-order valence-electron chi connectivity index (χ1n) is 5.74. The Morgan fingerprint density at radius 2 is 1.75 bits per heavy atom. The van der Waals surface area contributed by atoms with E-state index in [0.717, 1.165) is 25.7 Å². The number of esters is 1. The number of carboxylic acids is 1. The van der Waals surface area contributed by atoms with E-state index in [4.69, 9.17) is 0 Å². The molecule has 1 unspecified atom stereocenters. The third-order valence-corrected chi connectivity index (χ3v) is 3.89. The van der Waals surface area contributed by atoms with Crippen LogP contribution in [-0.2, 0) is 14.3 Å². The summed E-state index contributed by atoms with van der Waals surface area (Å²) >= 11 is 0. The number of carbonyl (C=O) groups excluding carboxylic acids is 1. The average molecular weight is 228 g/mol. The summed E-state index contributed by atoms with van der Waals surface area (Å²) in [5.74, 6) is -1.17. The normalized spacial score (nSPS) is 29.2. The molecule has 0 spiro atoms. The predicted octanol–water partition coefficient (Wildman–Crippen LogP) is 2.08. The molecule has 1 saturated carbocycles. The summed E-state index contributed by atoms with van der Waals surface area (Å²) in [5.41, 5.74) is -1.38. The van der Waals surface area contributed by atoms with Crippen molar-refractivity contribution in [3.05, 3.63) is 0 Å². The van der Waals surface area contributed by atoms with Gasteiger partial charge in [0, 0.05) is 0 Å². The number of hydrogen-bond acceptors (Lipinski definition) is 3. The molecule has 1 atom stereocenters. The minimum atomic E-state index is -1.38. The van der Waals surface area contributed by atoms with Gasteiger partial charge >= 0.3 is 11.9 Å². The molecule has 4 nitrogen and oxygen atoms in total. The van der Waals surface area contributed by atoms with Gasteiger partial charge in [-0.25, -0.2) is 0 Å². The van der Waals surface area contributed by atoms with E-state index in [1.165, 1.54) is 14.0 Å². The zero-order valence-electron chi connectivity index (χ0n) is 10.2. The Morgan fingerprint density at radius 1 is 1.25 bits per heavy atom. The molecule has 1 rings (SSSR count). The number of carboxylic acid groups (broad SMARTS) is 1. The van der Waals surface area contributed by atoms with E-state index in [2.05, 4.69) is 11.7 Å². The van der Waals surface area contributed by atoms with E-state index >= 15 is 0 Å². The van der Waals surface area contributed by atoms with Crippen LogP contribution >= 0.6 is 0 Å². The van der Waals surface area contributed by atoms with Crippen molar-refractivity contribution in [3.8, 4) is 0 Å². The Morgan fingerprint density at radius 3 is 2.12 bits per heavy atom. The van der Waals surface area contributed by atoms with Crippen molar-refractivity contribution in [2.45, 2.75) is 39.5 Å². The van der Waals surface area contributed by atoms with Crippen molar-refractivity contribution < 1.29 is 19.4 Å². The lowest BCUT2D eigenvalue weighted by atomic mass is 9.68. The van der Waals surface area contributed by atoms with Crippen LogP contribution in [0.5, 0.6) is 0 Å². The molecule has 0 heterocycles. The number of carbonyl (C=O) groups is 2. The van der Waals surface area contributed by atoms with Gasteiger partial charge < -0.3 is 9.84 Å². The van der Waals surface area contributed by atoms with E-state index < -0.39 is 17.4 Å². The largest absolute Gasteiger partial charge is 0.480 e. The van der Waals surface area contributed by atoms with Gasteiger partial charge in [0.05, 0.1) is 7.11 Å². The highest BCUT2D eigenvalue weighted by molar-refractivity contribution is 5.99. The van der Waals surface area contributed by atoms with Gasteiger partial charge in [0.1, 0.15) is 0 Å². The van der Waals surface area contributed by atoms with Crippen LogP contribution < -0.4 is 0 Å². The standard InChI is InChI=1S/C12H20O4/c1-8-4-6-9(7-5-8)12(2,10(13)14)11(15)16-3/h8-9H,4-7H2,1-3H3,(H,13,14). The van der Waals surface area contributed by atoms with Crippen molar-refractivity contribution in [1.29, 1.82) is 0 Å². The number of ether oxygens (including phenoxy) is 1. The molecular weight excluding hydrogens is 208 g/mol. The Hall–Kier alpha value is -1.06. The molecule has 0 aliphatic heterocycles. The maximum Gasteiger partial charge on any atom is 0.323 e. The maximum atomic E-state index is 11.7. The Balaban J connectivity index is 2.86. The number of methoxy groups -OCH3 is 1. The van der Waals surface area contributed by atoms with Gasteiger partial charge in [-0.3, -0.25) is 9.59 Å². The first kappa shape index (κ1) is 13.0. The van der Waals surface area contributed by atoms with Crippen molar-refractivity contribution in [1.82, 2.24) is 0 Å². The highest BCUT2D eigenvalue weighted by Gasteiger charge is 2.49. The molecule has 4 heteroatoms. The van der Waals surface area contributed by atoms with Crippen LogP contribution in [0.1, 0.15) is 39.5 Å². The molecule has 0 bridgehead atoms. The van der Waals surface area contributed by atoms with Crippen LogP contribution in [-0.4, -0.2) is 24.2 Å². The molecule has 1 aliphatic rings. The number of rotatable bonds is 3. The van der Waals surface area contributed by atoms with Crippen LogP contribution in [0.4, 0.5) is 0 Å². The zero-order chi connectivity index (χ0) is 12.3. The van der Waals surface area contributed by atoms with Crippen LogP contribution in [0, 0.1) is 17.3 Å². The number of aliphatic carboxylic acids is 1. The minimum absolute atomic E-state index is 0.103. The van der Waals surface area contributed by atoms with Gasteiger partial charge in [-0.15, -0.1) is 0 Å². The zero-order valence-corrected chi connectivity index (χ0v) is 10.2. The second-order valence-electron chi connectivity index (χ2n) is 4.96. The smallest absolute Gasteiger partial charge is 0.323 e. The summed E-state index contributed by atoms with van der Waals surface area (Å²) in [4.78, 5) is 23.0. The average Bonchev–Trinajstić information content (AvgIpc) is 2.27. The summed E-state index contributed by atoms with van der Waals surface area (Å²) in [5, 5.41) is 9.25. The third-order valence-electron chi connectivity index (χ3n) is 3.89. The van der Waals surface area contributed by atoms with Gasteiger partial charge in [0.25, 0.3) is 0 Å². The molecule has 92 valence electrons. The molecule has 1 aliphatic carbocycles. The minimum Gasteiger partial charge on any atom is -0.480 e. The molecule has 0 saturated heterocycles. The second-order valence-corrected chi connectivity index (χ2v) is 4.96. The fourth-order valence-corrected chi connectivity index (χ4v) is 2.48. The molecule has 0 aromatic carbocycles. The summed E-state index contributed by atoms with van der Waals surface area (Å²) in [7, 11) is 1.25. The summed E-state index contributed by atoms with van der Waals surface area (Å²) in [6.07, 6.45) is 3.56. The fraction of sp³-hybridized carbons (Fsp3) is 0.833. The van der Waals surface area contributed by atoms with E-state index in [0.29, 0.717) is 5.92 Å². The fourth-order valence-electron chi connectivity index (χ4n) is 2.48. The van der Waals surface area contributed by atoms with Crippen molar-refractivity contribution >= 4 is 11.9 Å². The van der Waals surface area contributed by atoms with Gasteiger partial charge in [0.15, 0.2) is 5.41 Å². The first-order chi connectivity index (χ1) is 7.42. The van der Waals surface area contributed by atoms with Crippen molar-refractivity contribution in [2.24, 2.45) is 17.3 Å². The second kappa shape index (κ2) is 4.85. The third kappa shape index (κ3) is 2.20. The molecule has 1 N–H and O–H groups in total. The van der Waals surface area contributed by atoms with Crippen molar-refractivity contribution in [2.75, 3.05) is 7.11 Å². The van der Waals surface area contributed by atoms with E-state index in [1.807, 2.05) is 0 Å². The molecule has 0 aromatic rings. The van der Waals surface area contributed by atoms with E-state index in [-0.39, 0.29) is 5.92 Å². The number of hydrogen-bond donors (Lipinski definition) is 1. The van der Waals surface area contributed by atoms with Crippen LogP contribution in [0.15, 0.2) is 0 Å². The Bertz CT molecular complexity index is 279. The quantitative estimate of drug-likeness (QED) is 0.593. The molecule has 0 radical (unpaired) electrons. The van der Waals surface area contributed by atoms with E-state index in [1.54, 1.807) is 0 Å². The highest BCUT2D eigenvalue weighted by Crippen LogP contribution is 2.41. The monoisotopic (exact) mass is 228 g/mol. The molecule has 0 amide bonds. The first-order valence-corrected chi connectivity index (χ1v) is 5.74. The Labute approximate surface area is 96.0 Å². The van der Waals surface area contributed by atoms with Gasteiger partial charge in [0.2, 0.25) is 0 Å². The molecule has 16 heavy (non-hydrogen) atoms. The summed E-state index contributed by atoms with van der Waals surface area (Å²) in [6, 6.07) is 0. The van der Waals surface area contributed by atoms with Crippen LogP contribution in [0.3, 0.4) is 0 Å². The topological polar surface area (TPSA) is 63.6 Å². The Kier molecular flexibility index (Phi) is 3.94. The van der Waals surface area contributed by atoms with Crippen molar-refractivity contribution in [3.63, 3.8) is 0 Å². The van der Waals surface area contributed by atoms with Crippen LogP contribution in [0.25, 0.3) is 0 Å². The summed E-state index contributed by atoms with van der Waals surface area (Å²) in [6.45, 7) is 3.65. The predicted molar refractivity (Wildman–Crippen MR) is 58.9 cm³/mol. The molecule has 1 fully saturated rings. The molecular formula is C12H20O4. The lowest BCUT2D eigenvalue weighted by Crippen LogP contribution is -2.45. The highest BCUT2D eigenvalue weighted by atomic mass is 16.5. The van der Waals surface area contributed by atoms with E-state index in [9.17, 15) is 14.7 Å². The van der Waals surface area contributed by atoms with Gasteiger partial charge in [-0.05, 0) is 31.6 Å². The maximum absolute atomic E-state index is 11.7. The van der Waals surface area contributed by atoms with Gasteiger partial charge in [-0.2, -0.15) is 0 Å². The lowest BCUT2D eigenvalue weighted by molar-refractivity contribution is -0.171. The summed E-state index contributed by atoms with van der Waals surface area (Å²) < 4.78 is 4.64. The van der Waals surface area contributed by atoms with Crippen LogP contribution in [0.2, 0.25) is 0 Å². The molecule has 0 aromatic heterocycles. The lowest BCUT2D eigenvalue weighted by Gasteiger charge is -2.35. The SMILES string of the molecule is COC(=O)C(C)(C(=O)O)C1CCC(C)CC1. The van der Waals surface area contributed by atoms with Gasteiger partial charge in [-0.1, -0.05) is 19.8 Å².